The topological polar surface area (TPSA) is 61.7 Å². The number of carbonyl (C=O) groups excluding carboxylic acids is 1. The van der Waals surface area contributed by atoms with Crippen LogP contribution in [0.2, 0.25) is 0 Å². The summed E-state index contributed by atoms with van der Waals surface area (Å²) < 4.78 is 0. The Morgan fingerprint density at radius 1 is 1.40 bits per heavy atom. The Balaban J connectivity index is 2.92. The molecule has 4 heteroatoms. The summed E-state index contributed by atoms with van der Waals surface area (Å²) in [6.45, 7) is 5.28. The van der Waals surface area contributed by atoms with Crippen molar-refractivity contribution in [3.63, 3.8) is 0 Å². The first-order valence-corrected chi connectivity index (χ1v) is 4.62. The smallest absolute Gasteiger partial charge is 0.275 e. The maximum Gasteiger partial charge on any atom is 0.275 e. The van der Waals surface area contributed by atoms with E-state index in [1.807, 2.05) is 0 Å². The van der Waals surface area contributed by atoms with Crippen molar-refractivity contribution in [3.05, 3.63) is 29.3 Å². The monoisotopic (exact) mass is 206 g/mol. The minimum atomic E-state index is -0.405. The van der Waals surface area contributed by atoms with Crippen LogP contribution in [0.25, 0.3) is 0 Å². The first kappa shape index (κ1) is 11.2. The van der Waals surface area contributed by atoms with Gasteiger partial charge in [-0.05, 0) is 32.4 Å². The quantitative estimate of drug-likeness (QED) is 0.572. The fraction of sp³-hybridized carbons (Fsp3) is 0.273. The normalized spacial score (nSPS) is 9.53. The molecule has 0 fully saturated rings. The van der Waals surface area contributed by atoms with E-state index in [0.717, 1.165) is 5.71 Å². The molecule has 0 saturated carbocycles. The van der Waals surface area contributed by atoms with Crippen LogP contribution in [0, 0.1) is 6.92 Å². The van der Waals surface area contributed by atoms with Gasteiger partial charge in [-0.1, -0.05) is 12.1 Å². The van der Waals surface area contributed by atoms with Crippen LogP contribution in [0.3, 0.4) is 0 Å². The van der Waals surface area contributed by atoms with Gasteiger partial charge in [-0.15, -0.1) is 0 Å². The van der Waals surface area contributed by atoms with Gasteiger partial charge in [0.05, 0.1) is 5.56 Å². The summed E-state index contributed by atoms with van der Waals surface area (Å²) in [6.07, 6.45) is 0. The van der Waals surface area contributed by atoms with E-state index in [9.17, 15) is 9.90 Å². The van der Waals surface area contributed by atoms with Crippen molar-refractivity contribution < 1.29 is 9.90 Å². The third-order valence-electron chi connectivity index (χ3n) is 1.86. The molecular weight excluding hydrogens is 192 g/mol. The molecule has 0 radical (unpaired) electrons. The fourth-order valence-electron chi connectivity index (χ4n) is 1.06. The molecule has 15 heavy (non-hydrogen) atoms. The number of hydrogen-bond donors (Lipinski definition) is 2. The molecule has 1 aromatic carbocycles. The first-order valence-electron chi connectivity index (χ1n) is 4.62. The minimum Gasteiger partial charge on any atom is -0.507 e. The third kappa shape index (κ3) is 2.80. The van der Waals surface area contributed by atoms with Gasteiger partial charge in [0, 0.05) is 5.71 Å². The van der Waals surface area contributed by atoms with E-state index < -0.39 is 5.91 Å². The summed E-state index contributed by atoms with van der Waals surface area (Å²) in [6, 6.07) is 5.01. The number of aromatic hydroxyl groups is 1. The zero-order chi connectivity index (χ0) is 11.4. The van der Waals surface area contributed by atoms with Gasteiger partial charge in [-0.2, -0.15) is 5.10 Å². The van der Waals surface area contributed by atoms with Gasteiger partial charge in [0.15, 0.2) is 0 Å². The molecule has 0 aliphatic heterocycles. The number of benzene rings is 1. The lowest BCUT2D eigenvalue weighted by Crippen LogP contribution is -2.18. The van der Waals surface area contributed by atoms with Crippen LogP contribution < -0.4 is 5.43 Å². The molecule has 0 heterocycles. The molecule has 0 saturated heterocycles. The molecule has 1 amide bonds. The standard InChI is InChI=1S/C11H14N2O2/c1-7(2)12-13-11(15)9-6-4-5-8(3)10(9)14/h4-6,14H,1-3H3,(H,13,15). The van der Waals surface area contributed by atoms with Crippen LogP contribution in [0.15, 0.2) is 23.3 Å². The highest BCUT2D eigenvalue weighted by molar-refractivity contribution is 5.97. The lowest BCUT2D eigenvalue weighted by atomic mass is 10.1. The van der Waals surface area contributed by atoms with E-state index in [1.54, 1.807) is 39.0 Å². The highest BCUT2D eigenvalue weighted by Crippen LogP contribution is 2.20. The predicted molar refractivity (Wildman–Crippen MR) is 59.1 cm³/mol. The largest absolute Gasteiger partial charge is 0.507 e. The van der Waals surface area contributed by atoms with Crippen LogP contribution in [-0.4, -0.2) is 16.7 Å². The number of phenols is 1. The molecule has 0 spiro atoms. The molecule has 0 aliphatic rings. The molecule has 0 aliphatic carbocycles. The zero-order valence-corrected chi connectivity index (χ0v) is 9.03. The second kappa shape index (κ2) is 4.59. The SMILES string of the molecule is CC(C)=NNC(=O)c1cccc(C)c1O. The van der Waals surface area contributed by atoms with Crippen molar-refractivity contribution >= 4 is 11.6 Å². The number of aryl methyl sites for hydroxylation is 1. The van der Waals surface area contributed by atoms with Gasteiger partial charge in [0.2, 0.25) is 0 Å². The molecule has 1 rings (SSSR count). The molecule has 2 N–H and O–H groups in total. The van der Waals surface area contributed by atoms with E-state index in [1.165, 1.54) is 0 Å². The van der Waals surface area contributed by atoms with Gasteiger partial charge < -0.3 is 5.11 Å². The van der Waals surface area contributed by atoms with Gasteiger partial charge in [0.25, 0.3) is 5.91 Å². The zero-order valence-electron chi connectivity index (χ0n) is 9.03. The second-order valence-corrected chi connectivity index (χ2v) is 3.47. The van der Waals surface area contributed by atoms with Gasteiger partial charge in [-0.25, -0.2) is 5.43 Å². The Hall–Kier alpha value is -1.84. The van der Waals surface area contributed by atoms with Gasteiger partial charge in [-0.3, -0.25) is 4.79 Å². The van der Waals surface area contributed by atoms with Gasteiger partial charge >= 0.3 is 0 Å². The average molecular weight is 206 g/mol. The summed E-state index contributed by atoms with van der Waals surface area (Å²) in [5, 5.41) is 13.4. The van der Waals surface area contributed by atoms with Crippen molar-refractivity contribution in [2.75, 3.05) is 0 Å². The number of phenolic OH excluding ortho intramolecular Hbond substituents is 1. The maximum absolute atomic E-state index is 11.5. The average Bonchev–Trinajstić information content (AvgIpc) is 2.18. The lowest BCUT2D eigenvalue weighted by Gasteiger charge is -2.05. The number of hydrazone groups is 1. The molecule has 0 atom stereocenters. The van der Waals surface area contributed by atoms with Crippen molar-refractivity contribution in [1.82, 2.24) is 5.43 Å². The highest BCUT2D eigenvalue weighted by atomic mass is 16.3. The molecule has 4 nitrogen and oxygen atoms in total. The molecule has 80 valence electrons. The Labute approximate surface area is 88.6 Å². The van der Waals surface area contributed by atoms with Crippen molar-refractivity contribution in [2.45, 2.75) is 20.8 Å². The number of rotatable bonds is 2. The van der Waals surface area contributed by atoms with Crippen LogP contribution in [0.4, 0.5) is 0 Å². The lowest BCUT2D eigenvalue weighted by molar-refractivity contribution is 0.0952. The van der Waals surface area contributed by atoms with Crippen LogP contribution in [0.5, 0.6) is 5.75 Å². The van der Waals surface area contributed by atoms with Gasteiger partial charge in [0.1, 0.15) is 5.75 Å². The molecule has 0 aromatic heterocycles. The van der Waals surface area contributed by atoms with E-state index in [0.29, 0.717) is 5.56 Å². The van der Waals surface area contributed by atoms with Crippen molar-refractivity contribution in [2.24, 2.45) is 5.10 Å². The number of nitrogens with zero attached hydrogens (tertiary/aromatic N) is 1. The number of para-hydroxylation sites is 1. The number of carbonyl (C=O) groups is 1. The van der Waals surface area contributed by atoms with Crippen molar-refractivity contribution in [1.29, 1.82) is 0 Å². The first-order chi connectivity index (χ1) is 7.02. The Morgan fingerprint density at radius 3 is 2.67 bits per heavy atom. The van der Waals surface area contributed by atoms with E-state index in [2.05, 4.69) is 10.5 Å². The third-order valence-corrected chi connectivity index (χ3v) is 1.86. The molecule has 0 bridgehead atoms. The minimum absolute atomic E-state index is 0.000967. The number of amides is 1. The van der Waals surface area contributed by atoms with E-state index in [4.69, 9.17) is 0 Å². The summed E-state index contributed by atoms with van der Waals surface area (Å²) in [7, 11) is 0. The summed E-state index contributed by atoms with van der Waals surface area (Å²) in [4.78, 5) is 11.5. The highest BCUT2D eigenvalue weighted by Gasteiger charge is 2.11. The van der Waals surface area contributed by atoms with Crippen LogP contribution >= 0.6 is 0 Å². The number of nitrogens with one attached hydrogen (secondary N) is 1. The molecular formula is C11H14N2O2. The molecule has 1 aromatic rings. The summed E-state index contributed by atoms with van der Waals surface area (Å²) in [5.74, 6) is -0.406. The molecule has 0 unspecified atom stereocenters. The van der Waals surface area contributed by atoms with Crippen LogP contribution in [0.1, 0.15) is 29.8 Å². The Bertz CT molecular complexity index is 407. The van der Waals surface area contributed by atoms with Crippen LogP contribution in [-0.2, 0) is 0 Å². The predicted octanol–water partition coefficient (Wildman–Crippen LogP) is 1.83. The van der Waals surface area contributed by atoms with E-state index in [-0.39, 0.29) is 11.3 Å². The summed E-state index contributed by atoms with van der Waals surface area (Å²) in [5.41, 5.74) is 4.00. The summed E-state index contributed by atoms with van der Waals surface area (Å²) >= 11 is 0. The van der Waals surface area contributed by atoms with E-state index >= 15 is 0 Å². The van der Waals surface area contributed by atoms with Crippen molar-refractivity contribution in [3.8, 4) is 5.75 Å². The Morgan fingerprint density at radius 2 is 2.07 bits per heavy atom. The number of hydrogen-bond acceptors (Lipinski definition) is 3. The second-order valence-electron chi connectivity index (χ2n) is 3.47. The fourth-order valence-corrected chi connectivity index (χ4v) is 1.06. The Kier molecular flexibility index (Phi) is 3.44. The maximum atomic E-state index is 11.5.